The van der Waals surface area contributed by atoms with Crippen molar-refractivity contribution in [3.8, 4) is 0 Å². The third kappa shape index (κ3) is 9.50. The second-order valence-corrected chi connectivity index (χ2v) is 12.7. The molecule has 1 heterocycles. The molecule has 6 N–H and O–H groups in total. The first kappa shape index (κ1) is 33.5. The summed E-state index contributed by atoms with van der Waals surface area (Å²) in [6.07, 6.45) is -2.00. The normalized spacial score (nSPS) is 21.1. The summed E-state index contributed by atoms with van der Waals surface area (Å²) in [4.78, 5) is 25.8. The molecular formula is C32H47N3O7. The molecule has 10 heteroatoms. The van der Waals surface area contributed by atoms with Gasteiger partial charge in [0.15, 0.2) is 5.60 Å². The van der Waals surface area contributed by atoms with Gasteiger partial charge in [0.2, 0.25) is 0 Å². The van der Waals surface area contributed by atoms with Crippen LogP contribution >= 0.6 is 0 Å². The Kier molecular flexibility index (Phi) is 11.5. The van der Waals surface area contributed by atoms with Crippen molar-refractivity contribution in [1.82, 2.24) is 16.0 Å². The fourth-order valence-corrected chi connectivity index (χ4v) is 4.85. The number of amides is 2. The Morgan fingerprint density at radius 2 is 1.33 bits per heavy atom. The molecule has 2 amide bonds. The van der Waals surface area contributed by atoms with Crippen LogP contribution in [0.2, 0.25) is 0 Å². The molecule has 0 saturated carbocycles. The molecule has 5 atom stereocenters. The van der Waals surface area contributed by atoms with Gasteiger partial charge < -0.3 is 40.7 Å². The number of alkyl carbamates (subject to hydrolysis) is 1. The monoisotopic (exact) mass is 585 g/mol. The second-order valence-electron chi connectivity index (χ2n) is 12.7. The van der Waals surface area contributed by atoms with Crippen LogP contribution in [0.4, 0.5) is 4.79 Å². The third-order valence-electron chi connectivity index (χ3n) is 7.52. The zero-order valence-electron chi connectivity index (χ0n) is 25.3. The van der Waals surface area contributed by atoms with E-state index in [9.17, 15) is 24.9 Å². The Morgan fingerprint density at radius 1 is 0.857 bits per heavy atom. The fourth-order valence-electron chi connectivity index (χ4n) is 4.85. The molecule has 2 aromatic rings. The lowest BCUT2D eigenvalue weighted by Crippen LogP contribution is -2.60. The molecule has 2 unspecified atom stereocenters. The maximum Gasteiger partial charge on any atom is 0.407 e. The smallest absolute Gasteiger partial charge is 0.407 e. The fraction of sp³-hybridized carbons (Fsp3) is 0.562. The molecule has 0 spiro atoms. The van der Waals surface area contributed by atoms with Gasteiger partial charge >= 0.3 is 6.09 Å². The summed E-state index contributed by atoms with van der Waals surface area (Å²) in [5, 5.41) is 42.1. The topological polar surface area (TPSA) is 149 Å². The number of ether oxygens (including phenoxy) is 2. The van der Waals surface area contributed by atoms with Gasteiger partial charge in [-0.3, -0.25) is 4.79 Å². The lowest BCUT2D eigenvalue weighted by atomic mass is 9.77. The van der Waals surface area contributed by atoms with Crippen molar-refractivity contribution in [1.29, 1.82) is 0 Å². The lowest BCUT2D eigenvalue weighted by molar-refractivity contribution is -0.149. The van der Waals surface area contributed by atoms with Gasteiger partial charge in [-0.15, -0.1) is 0 Å². The number of aliphatic hydroxyl groups is 3. The van der Waals surface area contributed by atoms with E-state index in [0.29, 0.717) is 12.8 Å². The van der Waals surface area contributed by atoms with Gasteiger partial charge in [0.05, 0.1) is 37.5 Å². The Balaban J connectivity index is 1.66. The van der Waals surface area contributed by atoms with Crippen molar-refractivity contribution >= 4 is 12.0 Å². The van der Waals surface area contributed by atoms with Crippen LogP contribution < -0.4 is 16.0 Å². The highest BCUT2D eigenvalue weighted by atomic mass is 16.6. The number of carbonyl (C=O) groups excluding carboxylic acids is 2. The summed E-state index contributed by atoms with van der Waals surface area (Å²) in [5.74, 6) is -0.602. The summed E-state index contributed by atoms with van der Waals surface area (Å²) < 4.78 is 10.8. The van der Waals surface area contributed by atoms with Crippen LogP contribution in [-0.2, 0) is 27.1 Å². The Hall–Kier alpha value is -3.02. The second kappa shape index (κ2) is 14.4. The summed E-state index contributed by atoms with van der Waals surface area (Å²) >= 11 is 0. The summed E-state index contributed by atoms with van der Waals surface area (Å²) in [5.41, 5.74) is -1.39. The molecule has 1 saturated heterocycles. The lowest BCUT2D eigenvalue weighted by Gasteiger charge is -2.35. The van der Waals surface area contributed by atoms with Gasteiger partial charge in [-0.2, -0.15) is 0 Å². The average molecular weight is 586 g/mol. The molecule has 10 nitrogen and oxygen atoms in total. The van der Waals surface area contributed by atoms with Gasteiger partial charge in [0.25, 0.3) is 5.91 Å². The minimum absolute atomic E-state index is 0.0393. The number of hydrogen-bond acceptors (Lipinski definition) is 8. The molecule has 1 aliphatic heterocycles. The Morgan fingerprint density at radius 3 is 1.76 bits per heavy atom. The van der Waals surface area contributed by atoms with Crippen LogP contribution in [0.1, 0.15) is 45.7 Å². The number of carbonyl (C=O) groups is 2. The van der Waals surface area contributed by atoms with E-state index in [4.69, 9.17) is 9.47 Å². The summed E-state index contributed by atoms with van der Waals surface area (Å²) in [6, 6.07) is 17.5. The van der Waals surface area contributed by atoms with Gasteiger partial charge in [0.1, 0.15) is 5.60 Å². The predicted molar refractivity (Wildman–Crippen MR) is 160 cm³/mol. The zero-order valence-corrected chi connectivity index (χ0v) is 25.3. The van der Waals surface area contributed by atoms with Crippen LogP contribution in [0, 0.1) is 5.41 Å². The van der Waals surface area contributed by atoms with E-state index in [1.807, 2.05) is 60.7 Å². The molecule has 42 heavy (non-hydrogen) atoms. The number of rotatable bonds is 13. The minimum atomic E-state index is -1.73. The number of aliphatic hydroxyl groups excluding tert-OH is 2. The Labute approximate surface area is 248 Å². The molecule has 0 aromatic heterocycles. The van der Waals surface area contributed by atoms with Crippen molar-refractivity contribution in [2.24, 2.45) is 5.41 Å². The Bertz CT molecular complexity index is 1140. The summed E-state index contributed by atoms with van der Waals surface area (Å²) in [6.45, 7) is 9.04. The highest BCUT2D eigenvalue weighted by molar-refractivity contribution is 5.86. The summed E-state index contributed by atoms with van der Waals surface area (Å²) in [7, 11) is 0. The van der Waals surface area contributed by atoms with Crippen LogP contribution in [0.5, 0.6) is 0 Å². The third-order valence-corrected chi connectivity index (χ3v) is 7.52. The maximum atomic E-state index is 13.3. The van der Waals surface area contributed by atoms with Crippen LogP contribution in [0.15, 0.2) is 60.7 Å². The van der Waals surface area contributed by atoms with Crippen molar-refractivity contribution < 1.29 is 34.4 Å². The van der Waals surface area contributed by atoms with E-state index >= 15 is 0 Å². The first-order chi connectivity index (χ1) is 19.7. The average Bonchev–Trinajstić information content (AvgIpc) is 3.20. The van der Waals surface area contributed by atoms with Crippen LogP contribution in [-0.4, -0.2) is 89.1 Å². The number of nitrogens with one attached hydrogen (secondary N) is 3. The van der Waals surface area contributed by atoms with Crippen LogP contribution in [0.3, 0.4) is 0 Å². The molecule has 3 rings (SSSR count). The number of hydrogen-bond donors (Lipinski definition) is 6. The van der Waals surface area contributed by atoms with Crippen LogP contribution in [0.25, 0.3) is 0 Å². The molecule has 1 aliphatic rings. The molecule has 232 valence electrons. The van der Waals surface area contributed by atoms with Crippen molar-refractivity contribution in [3.05, 3.63) is 71.8 Å². The maximum absolute atomic E-state index is 13.3. The standard InChI is InChI=1S/C32H47N3O7/c1-30(2,3)42-29(39)35-25(17-23-14-10-7-11-15-23)27(37)19-33-18-26(36)24(16-22-12-8-6-9-13-22)34-28(38)32(40)21-41-20-31(32,4)5/h6-15,24-27,33,36-37,40H,16-21H2,1-5H3,(H,34,38)(H,35,39)/t24-,25-,26?,27+,32?/m0/s1. The van der Waals surface area contributed by atoms with E-state index < -0.39 is 52.9 Å². The van der Waals surface area contributed by atoms with Gasteiger partial charge in [-0.25, -0.2) is 4.79 Å². The van der Waals surface area contributed by atoms with Gasteiger partial charge in [-0.1, -0.05) is 74.5 Å². The highest BCUT2D eigenvalue weighted by Crippen LogP contribution is 2.37. The van der Waals surface area contributed by atoms with Crippen molar-refractivity contribution in [2.45, 2.75) is 83.0 Å². The highest BCUT2D eigenvalue weighted by Gasteiger charge is 2.55. The molecular weight excluding hydrogens is 538 g/mol. The molecule has 2 aromatic carbocycles. The molecule has 0 bridgehead atoms. The van der Waals surface area contributed by atoms with Crippen molar-refractivity contribution in [2.75, 3.05) is 26.3 Å². The van der Waals surface area contributed by atoms with E-state index in [1.54, 1.807) is 34.6 Å². The predicted octanol–water partition coefficient (Wildman–Crippen LogP) is 1.95. The first-order valence-electron chi connectivity index (χ1n) is 14.5. The minimum Gasteiger partial charge on any atom is -0.444 e. The van der Waals surface area contributed by atoms with E-state index in [2.05, 4.69) is 16.0 Å². The van der Waals surface area contributed by atoms with Gasteiger partial charge in [0, 0.05) is 18.5 Å². The number of benzene rings is 2. The molecule has 0 aliphatic carbocycles. The van der Waals surface area contributed by atoms with E-state index in [0.717, 1.165) is 11.1 Å². The quantitative estimate of drug-likeness (QED) is 0.209. The SMILES string of the molecule is CC(C)(C)OC(=O)N[C@@H](Cc1ccccc1)[C@H](O)CNCC(O)[C@H](Cc1ccccc1)NC(=O)C1(O)COCC1(C)C. The molecule has 0 radical (unpaired) electrons. The van der Waals surface area contributed by atoms with E-state index in [1.165, 1.54) is 0 Å². The first-order valence-corrected chi connectivity index (χ1v) is 14.5. The largest absolute Gasteiger partial charge is 0.444 e. The van der Waals surface area contributed by atoms with Gasteiger partial charge in [-0.05, 0) is 44.7 Å². The zero-order chi connectivity index (χ0) is 31.0. The van der Waals surface area contributed by atoms with E-state index in [-0.39, 0.29) is 26.3 Å². The van der Waals surface area contributed by atoms with Crippen molar-refractivity contribution in [3.63, 3.8) is 0 Å². The molecule has 1 fully saturated rings.